The van der Waals surface area contributed by atoms with Crippen LogP contribution in [0.4, 0.5) is 5.69 Å². The predicted molar refractivity (Wildman–Crippen MR) is 109 cm³/mol. The van der Waals surface area contributed by atoms with E-state index in [4.69, 9.17) is 9.47 Å². The van der Waals surface area contributed by atoms with E-state index in [1.54, 1.807) is 24.3 Å². The maximum atomic E-state index is 12.9. The Balaban J connectivity index is 2.13. The van der Waals surface area contributed by atoms with E-state index in [0.717, 1.165) is 4.31 Å². The summed E-state index contributed by atoms with van der Waals surface area (Å²) in [6.45, 7) is 3.29. The molecule has 1 amide bonds. The number of nitrogens with one attached hydrogen (secondary N) is 1. The highest BCUT2D eigenvalue weighted by molar-refractivity contribution is 7.92. The highest BCUT2D eigenvalue weighted by Crippen LogP contribution is 2.30. The second kappa shape index (κ2) is 9.74. The minimum Gasteiger partial charge on any atom is -0.495 e. The van der Waals surface area contributed by atoms with Crippen LogP contribution in [0.5, 0.6) is 5.75 Å². The van der Waals surface area contributed by atoms with Crippen molar-refractivity contribution in [2.75, 3.05) is 31.6 Å². The molecule has 0 saturated carbocycles. The van der Waals surface area contributed by atoms with Crippen molar-refractivity contribution in [2.24, 2.45) is 0 Å². The zero-order valence-corrected chi connectivity index (χ0v) is 16.9. The average Bonchev–Trinajstić information content (AvgIpc) is 2.75. The van der Waals surface area contributed by atoms with Crippen LogP contribution in [0.1, 0.15) is 10.4 Å². The first kappa shape index (κ1) is 22.0. The Labute approximate surface area is 169 Å². The van der Waals surface area contributed by atoms with Crippen LogP contribution in [0.3, 0.4) is 0 Å². The van der Waals surface area contributed by atoms with Crippen molar-refractivity contribution in [3.05, 3.63) is 66.7 Å². The molecule has 29 heavy (non-hydrogen) atoms. The number of hydrogen-bond donors (Lipinski definition) is 1. The number of sulfonamides is 1. The Hall–Kier alpha value is -3.33. The summed E-state index contributed by atoms with van der Waals surface area (Å²) in [5.74, 6) is -0.787. The molecule has 0 spiro atoms. The Morgan fingerprint density at radius 3 is 2.41 bits per heavy atom. The smallest absolute Gasteiger partial charge is 0.338 e. The van der Waals surface area contributed by atoms with E-state index in [2.05, 4.69) is 11.9 Å². The first-order chi connectivity index (χ1) is 13.8. The fourth-order valence-corrected chi connectivity index (χ4v) is 3.60. The lowest BCUT2D eigenvalue weighted by Crippen LogP contribution is -2.28. The summed E-state index contributed by atoms with van der Waals surface area (Å²) in [5.41, 5.74) is 0.504. The van der Waals surface area contributed by atoms with Gasteiger partial charge in [0, 0.05) is 13.6 Å². The summed E-state index contributed by atoms with van der Waals surface area (Å²) in [6, 6.07) is 12.0. The maximum Gasteiger partial charge on any atom is 0.338 e. The highest BCUT2D eigenvalue weighted by atomic mass is 32.2. The van der Waals surface area contributed by atoms with Crippen LogP contribution in [-0.4, -0.2) is 47.6 Å². The normalized spacial score (nSPS) is 10.7. The van der Waals surface area contributed by atoms with E-state index in [-0.39, 0.29) is 17.0 Å². The molecular weight excluding hydrogens is 396 g/mol. The van der Waals surface area contributed by atoms with Gasteiger partial charge in [0.1, 0.15) is 5.75 Å². The minimum atomic E-state index is -3.88. The van der Waals surface area contributed by atoms with Crippen molar-refractivity contribution < 1.29 is 27.5 Å². The van der Waals surface area contributed by atoms with E-state index < -0.39 is 28.5 Å². The van der Waals surface area contributed by atoms with E-state index in [9.17, 15) is 18.0 Å². The molecule has 0 bridgehead atoms. The SMILES string of the molecule is C=CCNC(=O)COC(=O)c1ccc(S(=O)(=O)N(C)c2ccccc2OC)cc1. The topological polar surface area (TPSA) is 102 Å². The number of para-hydroxylation sites is 2. The number of ether oxygens (including phenoxy) is 2. The Morgan fingerprint density at radius 1 is 1.14 bits per heavy atom. The standard InChI is InChI=1S/C20H22N2O6S/c1-4-13-21-19(23)14-28-20(24)15-9-11-16(12-10-15)29(25,26)22(2)17-7-5-6-8-18(17)27-3/h4-12H,1,13-14H2,2-3H3,(H,21,23). The number of rotatable bonds is 9. The first-order valence-corrected chi connectivity index (χ1v) is 10.0. The third-order valence-corrected chi connectivity index (χ3v) is 5.74. The quantitative estimate of drug-likeness (QED) is 0.494. The Bertz CT molecular complexity index is 986. The van der Waals surface area contributed by atoms with Gasteiger partial charge in [-0.05, 0) is 36.4 Å². The van der Waals surface area contributed by atoms with E-state index in [1.165, 1.54) is 44.5 Å². The van der Waals surface area contributed by atoms with Gasteiger partial charge < -0.3 is 14.8 Å². The van der Waals surface area contributed by atoms with Crippen LogP contribution < -0.4 is 14.4 Å². The summed E-state index contributed by atoms with van der Waals surface area (Å²) in [6.07, 6.45) is 1.50. The van der Waals surface area contributed by atoms with Gasteiger partial charge in [0.2, 0.25) is 0 Å². The van der Waals surface area contributed by atoms with E-state index in [0.29, 0.717) is 11.4 Å². The minimum absolute atomic E-state index is 0.00816. The molecule has 154 valence electrons. The number of hydrogen-bond acceptors (Lipinski definition) is 6. The number of benzene rings is 2. The van der Waals surface area contributed by atoms with Gasteiger partial charge in [0.15, 0.2) is 6.61 Å². The maximum absolute atomic E-state index is 12.9. The number of esters is 1. The number of amides is 1. The molecule has 1 N–H and O–H groups in total. The largest absolute Gasteiger partial charge is 0.495 e. The third-order valence-electron chi connectivity index (χ3n) is 3.95. The van der Waals surface area contributed by atoms with E-state index in [1.807, 2.05) is 0 Å². The number of nitrogens with zero attached hydrogens (tertiary/aromatic N) is 1. The summed E-state index contributed by atoms with van der Waals surface area (Å²) in [7, 11) is -1.01. The molecule has 0 heterocycles. The van der Waals surface area contributed by atoms with Gasteiger partial charge in [-0.2, -0.15) is 0 Å². The van der Waals surface area contributed by atoms with Crippen molar-refractivity contribution in [3.63, 3.8) is 0 Å². The van der Waals surface area contributed by atoms with Crippen molar-refractivity contribution in [2.45, 2.75) is 4.90 Å². The zero-order valence-electron chi connectivity index (χ0n) is 16.1. The second-order valence-corrected chi connectivity index (χ2v) is 7.81. The van der Waals surface area contributed by atoms with Gasteiger partial charge in [-0.15, -0.1) is 6.58 Å². The molecule has 0 radical (unpaired) electrons. The molecule has 0 fully saturated rings. The van der Waals surface area contributed by atoms with Crippen LogP contribution in [0.2, 0.25) is 0 Å². The van der Waals surface area contributed by atoms with Gasteiger partial charge in [0.25, 0.3) is 15.9 Å². The zero-order chi connectivity index (χ0) is 21.4. The summed E-state index contributed by atoms with van der Waals surface area (Å²) in [4.78, 5) is 23.5. The van der Waals surface area contributed by atoms with Crippen LogP contribution in [0.25, 0.3) is 0 Å². The fraction of sp³-hybridized carbons (Fsp3) is 0.200. The molecule has 8 nitrogen and oxygen atoms in total. The van der Waals surface area contributed by atoms with Crippen molar-refractivity contribution >= 4 is 27.6 Å². The Kier molecular flexibility index (Phi) is 7.38. The molecule has 2 aromatic rings. The predicted octanol–water partition coefficient (Wildman–Crippen LogP) is 1.98. The van der Waals surface area contributed by atoms with Crippen LogP contribution in [0, 0.1) is 0 Å². The van der Waals surface area contributed by atoms with Crippen LogP contribution >= 0.6 is 0 Å². The molecule has 0 aliphatic rings. The molecule has 2 aromatic carbocycles. The molecule has 0 atom stereocenters. The molecule has 0 aromatic heterocycles. The fourth-order valence-electron chi connectivity index (χ4n) is 2.39. The third kappa shape index (κ3) is 5.35. The summed E-state index contributed by atoms with van der Waals surface area (Å²) >= 11 is 0. The van der Waals surface area contributed by atoms with Gasteiger partial charge in [-0.25, -0.2) is 13.2 Å². The molecule has 0 aliphatic carbocycles. The van der Waals surface area contributed by atoms with Crippen molar-refractivity contribution in [1.29, 1.82) is 0 Å². The lowest BCUT2D eigenvalue weighted by Gasteiger charge is -2.21. The van der Waals surface area contributed by atoms with Crippen LogP contribution in [-0.2, 0) is 19.6 Å². The molecule has 2 rings (SSSR count). The van der Waals surface area contributed by atoms with Crippen molar-refractivity contribution in [1.82, 2.24) is 5.32 Å². The summed E-state index contributed by atoms with van der Waals surface area (Å²) in [5, 5.41) is 2.48. The molecule has 0 aliphatic heterocycles. The molecule has 9 heteroatoms. The number of anilines is 1. The van der Waals surface area contributed by atoms with Gasteiger partial charge in [-0.3, -0.25) is 9.10 Å². The van der Waals surface area contributed by atoms with Crippen LogP contribution in [0.15, 0.2) is 66.1 Å². The lowest BCUT2D eigenvalue weighted by molar-refractivity contribution is -0.124. The number of carbonyl (C=O) groups excluding carboxylic acids is 2. The van der Waals surface area contributed by atoms with Gasteiger partial charge in [-0.1, -0.05) is 18.2 Å². The molecular formula is C20H22N2O6S. The lowest BCUT2D eigenvalue weighted by atomic mass is 10.2. The first-order valence-electron chi connectivity index (χ1n) is 8.58. The van der Waals surface area contributed by atoms with E-state index >= 15 is 0 Å². The average molecular weight is 418 g/mol. The highest BCUT2D eigenvalue weighted by Gasteiger charge is 2.24. The van der Waals surface area contributed by atoms with Gasteiger partial charge >= 0.3 is 5.97 Å². The monoisotopic (exact) mass is 418 g/mol. The molecule has 0 unspecified atom stereocenters. The second-order valence-electron chi connectivity index (χ2n) is 5.84. The number of carbonyl (C=O) groups is 2. The summed E-state index contributed by atoms with van der Waals surface area (Å²) < 4.78 is 37.0. The number of methoxy groups -OCH3 is 1. The van der Waals surface area contributed by atoms with Gasteiger partial charge in [0.05, 0.1) is 23.3 Å². The Morgan fingerprint density at radius 2 is 1.79 bits per heavy atom. The molecule has 0 saturated heterocycles. The van der Waals surface area contributed by atoms with Crippen molar-refractivity contribution in [3.8, 4) is 5.75 Å².